The molecule has 3 amide bonds. The van der Waals surface area contributed by atoms with Crippen LogP contribution in [-0.4, -0.2) is 35.2 Å². The average Bonchev–Trinajstić information content (AvgIpc) is 3.08. The van der Waals surface area contributed by atoms with E-state index < -0.39 is 6.04 Å². The second-order valence-electron chi connectivity index (χ2n) is 7.79. The molecule has 4 rings (SSSR count). The number of amides is 3. The number of carbonyl (C=O) groups excluding carboxylic acids is 3. The first-order chi connectivity index (χ1) is 14.6. The molecule has 0 spiro atoms. The van der Waals surface area contributed by atoms with Crippen LogP contribution in [0.3, 0.4) is 0 Å². The predicted octanol–water partition coefficient (Wildman–Crippen LogP) is 1.95. The highest BCUT2D eigenvalue weighted by atomic mass is 16.2. The van der Waals surface area contributed by atoms with Crippen molar-refractivity contribution < 1.29 is 14.4 Å². The van der Waals surface area contributed by atoms with Gasteiger partial charge in [0.15, 0.2) is 0 Å². The number of nitrogens with two attached hydrogens (primary N) is 1. The normalized spacial score (nSPS) is 18.4. The number of rotatable bonds is 7. The number of aryl methyl sites for hydroxylation is 1. The minimum atomic E-state index is -0.593. The van der Waals surface area contributed by atoms with Crippen LogP contribution in [-0.2, 0) is 29.1 Å². The Hall–Kier alpha value is -3.19. The minimum Gasteiger partial charge on any atom is -0.381 e. The maximum absolute atomic E-state index is 12.9. The van der Waals surface area contributed by atoms with E-state index in [-0.39, 0.29) is 24.1 Å². The molecule has 2 heterocycles. The first-order valence-corrected chi connectivity index (χ1v) is 10.3. The van der Waals surface area contributed by atoms with Gasteiger partial charge in [-0.3, -0.25) is 19.7 Å². The third kappa shape index (κ3) is 4.07. The van der Waals surface area contributed by atoms with Crippen molar-refractivity contribution in [1.29, 1.82) is 0 Å². The Morgan fingerprint density at radius 1 is 1.10 bits per heavy atom. The number of carbonyl (C=O) groups is 3. The lowest BCUT2D eigenvalue weighted by atomic mass is 10.0. The highest BCUT2D eigenvalue weighted by Crippen LogP contribution is 2.30. The van der Waals surface area contributed by atoms with Gasteiger partial charge in [0.05, 0.1) is 0 Å². The Morgan fingerprint density at radius 3 is 2.63 bits per heavy atom. The maximum Gasteiger partial charge on any atom is 0.255 e. The van der Waals surface area contributed by atoms with Crippen molar-refractivity contribution in [3.05, 3.63) is 64.7 Å². The van der Waals surface area contributed by atoms with E-state index in [0.717, 1.165) is 29.7 Å². The molecule has 156 valence electrons. The summed E-state index contributed by atoms with van der Waals surface area (Å²) in [5.74, 6) is -0.813. The summed E-state index contributed by atoms with van der Waals surface area (Å²) in [4.78, 5) is 38.2. The molecular formula is C23H26N4O3. The fourth-order valence-electron chi connectivity index (χ4n) is 4.11. The van der Waals surface area contributed by atoms with Crippen LogP contribution in [0.25, 0.3) is 0 Å². The molecule has 2 aromatic rings. The molecule has 2 aliphatic heterocycles. The van der Waals surface area contributed by atoms with Crippen LogP contribution < -0.4 is 16.4 Å². The molecule has 1 saturated heterocycles. The van der Waals surface area contributed by atoms with Crippen LogP contribution in [0.1, 0.15) is 46.3 Å². The van der Waals surface area contributed by atoms with Gasteiger partial charge in [-0.1, -0.05) is 24.3 Å². The SMILES string of the molecule is NCCCc1ccc(NCc2cccc3c2CN(C2CCC(=O)NC2=O)C3=O)cc1. The second kappa shape index (κ2) is 8.67. The maximum atomic E-state index is 12.9. The number of hydrogen-bond acceptors (Lipinski definition) is 5. The van der Waals surface area contributed by atoms with Gasteiger partial charge in [0.25, 0.3) is 5.91 Å². The summed E-state index contributed by atoms with van der Waals surface area (Å²) >= 11 is 0. The molecule has 2 aromatic carbocycles. The molecule has 30 heavy (non-hydrogen) atoms. The van der Waals surface area contributed by atoms with Crippen molar-refractivity contribution in [2.24, 2.45) is 5.73 Å². The number of fused-ring (bicyclic) bond motifs is 1. The summed E-state index contributed by atoms with van der Waals surface area (Å²) in [5, 5.41) is 5.76. The average molecular weight is 406 g/mol. The molecule has 1 unspecified atom stereocenters. The summed E-state index contributed by atoms with van der Waals surface area (Å²) in [6, 6.07) is 13.4. The van der Waals surface area contributed by atoms with E-state index in [9.17, 15) is 14.4 Å². The Bertz CT molecular complexity index is 971. The molecule has 4 N–H and O–H groups in total. The van der Waals surface area contributed by atoms with Crippen LogP contribution in [0.5, 0.6) is 0 Å². The zero-order chi connectivity index (χ0) is 21.1. The zero-order valence-corrected chi connectivity index (χ0v) is 16.8. The molecule has 0 aromatic heterocycles. The molecule has 7 heteroatoms. The van der Waals surface area contributed by atoms with Crippen molar-refractivity contribution in [3.63, 3.8) is 0 Å². The smallest absolute Gasteiger partial charge is 0.255 e. The molecule has 2 aliphatic rings. The molecule has 1 atom stereocenters. The van der Waals surface area contributed by atoms with Gasteiger partial charge < -0.3 is 16.0 Å². The largest absolute Gasteiger partial charge is 0.381 e. The van der Waals surface area contributed by atoms with Crippen molar-refractivity contribution in [2.75, 3.05) is 11.9 Å². The van der Waals surface area contributed by atoms with Crippen molar-refractivity contribution in [1.82, 2.24) is 10.2 Å². The minimum absolute atomic E-state index is 0.148. The number of imide groups is 1. The van der Waals surface area contributed by atoms with E-state index in [2.05, 4.69) is 34.9 Å². The summed E-state index contributed by atoms with van der Waals surface area (Å²) < 4.78 is 0. The second-order valence-corrected chi connectivity index (χ2v) is 7.79. The van der Waals surface area contributed by atoms with Gasteiger partial charge in [-0.25, -0.2) is 0 Å². The fourth-order valence-corrected chi connectivity index (χ4v) is 4.11. The van der Waals surface area contributed by atoms with Crippen molar-refractivity contribution in [3.8, 4) is 0 Å². The van der Waals surface area contributed by atoms with E-state index in [1.807, 2.05) is 12.1 Å². The summed E-state index contributed by atoms with van der Waals surface area (Å²) in [6.07, 6.45) is 2.57. The molecule has 0 bridgehead atoms. The van der Waals surface area contributed by atoms with E-state index >= 15 is 0 Å². The fraction of sp³-hybridized carbons (Fsp3) is 0.348. The summed E-state index contributed by atoms with van der Waals surface area (Å²) in [6.45, 7) is 1.66. The predicted molar refractivity (Wildman–Crippen MR) is 114 cm³/mol. The number of nitrogens with one attached hydrogen (secondary N) is 2. The zero-order valence-electron chi connectivity index (χ0n) is 16.8. The topological polar surface area (TPSA) is 105 Å². The first kappa shape index (κ1) is 20.1. The third-order valence-electron chi connectivity index (χ3n) is 5.79. The van der Waals surface area contributed by atoms with Gasteiger partial charge >= 0.3 is 0 Å². The van der Waals surface area contributed by atoms with Gasteiger partial charge in [0, 0.05) is 30.8 Å². The van der Waals surface area contributed by atoms with Crippen LogP contribution >= 0.6 is 0 Å². The summed E-state index contributed by atoms with van der Waals surface area (Å²) in [7, 11) is 0. The van der Waals surface area contributed by atoms with Crippen molar-refractivity contribution in [2.45, 2.75) is 44.8 Å². The van der Waals surface area contributed by atoms with Crippen LogP contribution in [0.4, 0.5) is 5.69 Å². The van der Waals surface area contributed by atoms with Gasteiger partial charge in [0.2, 0.25) is 11.8 Å². The molecule has 0 aliphatic carbocycles. The monoisotopic (exact) mass is 406 g/mol. The number of benzene rings is 2. The highest BCUT2D eigenvalue weighted by Gasteiger charge is 2.39. The Kier molecular flexibility index (Phi) is 5.81. The highest BCUT2D eigenvalue weighted by molar-refractivity contribution is 6.05. The molecule has 7 nitrogen and oxygen atoms in total. The summed E-state index contributed by atoms with van der Waals surface area (Å²) in [5.41, 5.74) is 10.4. The van der Waals surface area contributed by atoms with E-state index in [0.29, 0.717) is 31.6 Å². The quantitative estimate of drug-likeness (QED) is 0.610. The molecule has 0 saturated carbocycles. The van der Waals surface area contributed by atoms with Crippen LogP contribution in [0.2, 0.25) is 0 Å². The first-order valence-electron chi connectivity index (χ1n) is 10.3. The van der Waals surface area contributed by atoms with Gasteiger partial charge in [-0.05, 0) is 60.7 Å². The lowest BCUT2D eigenvalue weighted by Gasteiger charge is -2.29. The van der Waals surface area contributed by atoms with Crippen molar-refractivity contribution >= 4 is 23.4 Å². The van der Waals surface area contributed by atoms with E-state index in [4.69, 9.17) is 5.73 Å². The Morgan fingerprint density at radius 2 is 1.90 bits per heavy atom. The lowest BCUT2D eigenvalue weighted by molar-refractivity contribution is -0.136. The number of piperidine rings is 1. The van der Waals surface area contributed by atoms with E-state index in [1.54, 1.807) is 11.0 Å². The number of hydrogen-bond donors (Lipinski definition) is 3. The van der Waals surface area contributed by atoms with Crippen LogP contribution in [0.15, 0.2) is 42.5 Å². The van der Waals surface area contributed by atoms with Crippen LogP contribution in [0, 0.1) is 0 Å². The lowest BCUT2D eigenvalue weighted by Crippen LogP contribution is -2.52. The van der Waals surface area contributed by atoms with Gasteiger partial charge in [0.1, 0.15) is 6.04 Å². The van der Waals surface area contributed by atoms with Gasteiger partial charge in [-0.15, -0.1) is 0 Å². The Balaban J connectivity index is 1.45. The standard InChI is InChI=1S/C23H26N4O3/c24-12-2-3-15-6-8-17(9-7-15)25-13-16-4-1-5-18-19(16)14-27(23(18)30)20-10-11-21(28)26-22(20)29/h1,4-9,20,25H,2-3,10-14,24H2,(H,26,28,29). The van der Waals surface area contributed by atoms with Gasteiger partial charge in [-0.2, -0.15) is 0 Å². The molecule has 0 radical (unpaired) electrons. The Labute approximate surface area is 175 Å². The number of nitrogens with zero attached hydrogens (tertiary/aromatic N) is 1. The third-order valence-corrected chi connectivity index (χ3v) is 5.79. The number of anilines is 1. The molecule has 1 fully saturated rings. The molecular weight excluding hydrogens is 380 g/mol. The van der Waals surface area contributed by atoms with E-state index in [1.165, 1.54) is 5.56 Å².